The van der Waals surface area contributed by atoms with Crippen molar-refractivity contribution >= 4 is 17.4 Å². The number of anilines is 1. The summed E-state index contributed by atoms with van der Waals surface area (Å²) in [5, 5.41) is 4.02. The van der Waals surface area contributed by atoms with Crippen molar-refractivity contribution in [3.8, 4) is 5.75 Å². The highest BCUT2D eigenvalue weighted by atomic mass is 35.5. The molecule has 1 unspecified atom stereocenters. The van der Waals surface area contributed by atoms with Gasteiger partial charge in [0.05, 0.1) is 17.7 Å². The summed E-state index contributed by atoms with van der Waals surface area (Å²) in [6.45, 7) is 0.707. The van der Waals surface area contributed by atoms with Gasteiger partial charge in [0.15, 0.2) is 0 Å². The number of aromatic nitrogens is 1. The van der Waals surface area contributed by atoms with Crippen LogP contribution in [-0.4, -0.2) is 11.6 Å². The van der Waals surface area contributed by atoms with Crippen molar-refractivity contribution in [3.05, 3.63) is 53.2 Å². The molecule has 2 aromatic rings. The molecule has 1 aliphatic rings. The van der Waals surface area contributed by atoms with Crippen LogP contribution in [0, 0.1) is 0 Å². The first-order valence-electron chi connectivity index (χ1n) is 5.93. The van der Waals surface area contributed by atoms with E-state index in [1.165, 1.54) is 0 Å². The van der Waals surface area contributed by atoms with Gasteiger partial charge in [-0.3, -0.25) is 0 Å². The number of hydrogen-bond donors (Lipinski definition) is 1. The van der Waals surface area contributed by atoms with Crippen molar-refractivity contribution in [2.75, 3.05) is 11.9 Å². The van der Waals surface area contributed by atoms with Gasteiger partial charge in [-0.05, 0) is 18.2 Å². The highest BCUT2D eigenvalue weighted by molar-refractivity contribution is 6.32. The minimum Gasteiger partial charge on any atom is -0.493 e. The molecule has 1 aliphatic heterocycles. The van der Waals surface area contributed by atoms with Crippen molar-refractivity contribution in [1.82, 2.24) is 4.98 Å². The number of nitrogens with one attached hydrogen (secondary N) is 1. The van der Waals surface area contributed by atoms with E-state index in [2.05, 4.69) is 16.4 Å². The molecule has 4 heteroatoms. The average Bonchev–Trinajstić information content (AvgIpc) is 2.42. The van der Waals surface area contributed by atoms with Crippen molar-refractivity contribution in [3.63, 3.8) is 0 Å². The standard InChI is InChI=1S/C14H13ClN2O/c15-11-5-3-8-16-14(11)17-12-7-9-18-13-6-2-1-4-10(12)13/h1-6,8,12H,7,9H2,(H,16,17). The molecule has 2 heterocycles. The summed E-state index contributed by atoms with van der Waals surface area (Å²) < 4.78 is 5.63. The fourth-order valence-electron chi connectivity index (χ4n) is 2.15. The third kappa shape index (κ3) is 2.14. The third-order valence-corrected chi connectivity index (χ3v) is 3.33. The first kappa shape index (κ1) is 11.4. The monoisotopic (exact) mass is 260 g/mol. The zero-order valence-electron chi connectivity index (χ0n) is 9.77. The molecule has 0 saturated heterocycles. The number of para-hydroxylation sites is 1. The van der Waals surface area contributed by atoms with Gasteiger partial charge in [-0.2, -0.15) is 0 Å². The molecular formula is C14H13ClN2O. The summed E-state index contributed by atoms with van der Waals surface area (Å²) in [6.07, 6.45) is 2.64. The molecule has 0 bridgehead atoms. The molecule has 18 heavy (non-hydrogen) atoms. The normalized spacial score (nSPS) is 17.7. The molecule has 0 radical (unpaired) electrons. The van der Waals surface area contributed by atoms with Gasteiger partial charge in [0.25, 0.3) is 0 Å². The van der Waals surface area contributed by atoms with E-state index in [4.69, 9.17) is 16.3 Å². The van der Waals surface area contributed by atoms with Crippen LogP contribution >= 0.6 is 11.6 Å². The molecule has 1 N–H and O–H groups in total. The summed E-state index contributed by atoms with van der Waals surface area (Å²) in [7, 11) is 0. The zero-order chi connectivity index (χ0) is 12.4. The first-order chi connectivity index (χ1) is 8.84. The number of ether oxygens (including phenoxy) is 1. The average molecular weight is 261 g/mol. The zero-order valence-corrected chi connectivity index (χ0v) is 10.5. The maximum Gasteiger partial charge on any atom is 0.145 e. The number of pyridine rings is 1. The van der Waals surface area contributed by atoms with E-state index in [1.54, 1.807) is 6.20 Å². The van der Waals surface area contributed by atoms with Crippen LogP contribution in [0.15, 0.2) is 42.6 Å². The van der Waals surface area contributed by atoms with Gasteiger partial charge in [0, 0.05) is 18.2 Å². The third-order valence-electron chi connectivity index (χ3n) is 3.03. The molecule has 1 aromatic carbocycles. The van der Waals surface area contributed by atoms with Gasteiger partial charge in [0.2, 0.25) is 0 Å². The van der Waals surface area contributed by atoms with Crippen LogP contribution < -0.4 is 10.1 Å². The van der Waals surface area contributed by atoms with Crippen LogP contribution in [0.4, 0.5) is 5.82 Å². The second-order valence-electron chi connectivity index (χ2n) is 4.21. The Morgan fingerprint density at radius 1 is 1.22 bits per heavy atom. The highest BCUT2D eigenvalue weighted by Crippen LogP contribution is 2.34. The molecule has 0 amide bonds. The first-order valence-corrected chi connectivity index (χ1v) is 6.31. The van der Waals surface area contributed by atoms with Crippen molar-refractivity contribution in [2.45, 2.75) is 12.5 Å². The Morgan fingerprint density at radius 3 is 3.00 bits per heavy atom. The second-order valence-corrected chi connectivity index (χ2v) is 4.61. The molecular weight excluding hydrogens is 248 g/mol. The number of benzene rings is 1. The van der Waals surface area contributed by atoms with Crippen LogP contribution in [0.3, 0.4) is 0 Å². The SMILES string of the molecule is Clc1cccnc1NC1CCOc2ccccc21. The summed E-state index contributed by atoms with van der Waals surface area (Å²) in [4.78, 5) is 4.26. The van der Waals surface area contributed by atoms with Crippen LogP contribution in [0.1, 0.15) is 18.0 Å². The van der Waals surface area contributed by atoms with Crippen LogP contribution in [-0.2, 0) is 0 Å². The lowest BCUT2D eigenvalue weighted by molar-refractivity contribution is 0.274. The molecule has 1 atom stereocenters. The van der Waals surface area contributed by atoms with Crippen molar-refractivity contribution in [1.29, 1.82) is 0 Å². The van der Waals surface area contributed by atoms with E-state index >= 15 is 0 Å². The Hall–Kier alpha value is -1.74. The van der Waals surface area contributed by atoms with E-state index < -0.39 is 0 Å². The lowest BCUT2D eigenvalue weighted by atomic mass is 10.0. The number of hydrogen-bond acceptors (Lipinski definition) is 3. The smallest absolute Gasteiger partial charge is 0.145 e. The van der Waals surface area contributed by atoms with Gasteiger partial charge in [-0.1, -0.05) is 29.8 Å². The minimum absolute atomic E-state index is 0.197. The Balaban J connectivity index is 1.89. The Morgan fingerprint density at radius 2 is 2.11 bits per heavy atom. The number of rotatable bonds is 2. The van der Waals surface area contributed by atoms with E-state index in [9.17, 15) is 0 Å². The molecule has 0 spiro atoms. The Bertz CT molecular complexity index is 559. The van der Waals surface area contributed by atoms with Crippen molar-refractivity contribution in [2.24, 2.45) is 0 Å². The largest absolute Gasteiger partial charge is 0.493 e. The topological polar surface area (TPSA) is 34.2 Å². The lowest BCUT2D eigenvalue weighted by Crippen LogP contribution is -2.20. The van der Waals surface area contributed by atoms with Gasteiger partial charge in [-0.25, -0.2) is 4.98 Å². The maximum atomic E-state index is 6.11. The number of nitrogens with zero attached hydrogens (tertiary/aromatic N) is 1. The Labute approximate surface area is 111 Å². The minimum atomic E-state index is 0.197. The van der Waals surface area contributed by atoms with Gasteiger partial charge >= 0.3 is 0 Å². The van der Waals surface area contributed by atoms with Crippen LogP contribution in [0.5, 0.6) is 5.75 Å². The molecule has 92 valence electrons. The predicted molar refractivity (Wildman–Crippen MR) is 72.2 cm³/mol. The van der Waals surface area contributed by atoms with E-state index in [0.717, 1.165) is 23.6 Å². The highest BCUT2D eigenvalue weighted by Gasteiger charge is 2.21. The van der Waals surface area contributed by atoms with E-state index in [0.29, 0.717) is 11.6 Å². The summed E-state index contributed by atoms with van der Waals surface area (Å²) in [6, 6.07) is 11.9. The number of fused-ring (bicyclic) bond motifs is 1. The lowest BCUT2D eigenvalue weighted by Gasteiger charge is -2.27. The molecule has 0 aliphatic carbocycles. The predicted octanol–water partition coefficient (Wildman–Crippen LogP) is 3.67. The molecule has 3 nitrogen and oxygen atoms in total. The summed E-state index contributed by atoms with van der Waals surface area (Å²) in [5.74, 6) is 1.66. The van der Waals surface area contributed by atoms with E-state index in [1.807, 2.05) is 30.3 Å². The number of halogens is 1. The fraction of sp³-hybridized carbons (Fsp3) is 0.214. The molecule has 1 aromatic heterocycles. The molecule has 0 fully saturated rings. The van der Waals surface area contributed by atoms with Gasteiger partial charge in [-0.15, -0.1) is 0 Å². The quantitative estimate of drug-likeness (QED) is 0.895. The fourth-order valence-corrected chi connectivity index (χ4v) is 2.33. The van der Waals surface area contributed by atoms with Crippen LogP contribution in [0.2, 0.25) is 5.02 Å². The Kier molecular flexibility index (Phi) is 3.07. The summed E-state index contributed by atoms with van der Waals surface area (Å²) in [5.41, 5.74) is 1.16. The maximum absolute atomic E-state index is 6.11. The van der Waals surface area contributed by atoms with Crippen LogP contribution in [0.25, 0.3) is 0 Å². The summed E-state index contributed by atoms with van der Waals surface area (Å²) >= 11 is 6.11. The van der Waals surface area contributed by atoms with E-state index in [-0.39, 0.29) is 6.04 Å². The van der Waals surface area contributed by atoms with Crippen molar-refractivity contribution < 1.29 is 4.74 Å². The molecule has 0 saturated carbocycles. The van der Waals surface area contributed by atoms with Gasteiger partial charge < -0.3 is 10.1 Å². The second kappa shape index (κ2) is 4.86. The molecule has 3 rings (SSSR count). The van der Waals surface area contributed by atoms with Gasteiger partial charge in [0.1, 0.15) is 11.6 Å².